The number of hydrogen-bond donors (Lipinski definition) is 2. The minimum atomic E-state index is -2.96. The van der Waals surface area contributed by atoms with E-state index in [1.54, 1.807) is 54.4 Å². The van der Waals surface area contributed by atoms with Crippen LogP contribution in [0.2, 0.25) is 0 Å². The van der Waals surface area contributed by atoms with Gasteiger partial charge in [0.05, 0.1) is 24.9 Å². The lowest BCUT2D eigenvalue weighted by molar-refractivity contribution is -0.117. The number of anilines is 2. The molecule has 0 bridgehead atoms. The molecule has 3 aromatic rings. The highest BCUT2D eigenvalue weighted by molar-refractivity contribution is 6.10. The molecular formula is C26H27F2N3O4. The second-order valence-corrected chi connectivity index (χ2v) is 7.95. The fourth-order valence-electron chi connectivity index (χ4n) is 3.52. The van der Waals surface area contributed by atoms with E-state index in [0.29, 0.717) is 23.5 Å². The summed E-state index contributed by atoms with van der Waals surface area (Å²) < 4.78 is 34.6. The fraction of sp³-hybridized carbons (Fsp3) is 0.231. The van der Waals surface area contributed by atoms with Gasteiger partial charge in [-0.3, -0.25) is 14.5 Å². The molecule has 0 heterocycles. The Morgan fingerprint density at radius 1 is 0.971 bits per heavy atom. The van der Waals surface area contributed by atoms with Gasteiger partial charge in [-0.1, -0.05) is 30.3 Å². The van der Waals surface area contributed by atoms with Gasteiger partial charge in [0.25, 0.3) is 5.91 Å². The zero-order valence-corrected chi connectivity index (χ0v) is 19.7. The molecule has 2 N–H and O–H groups in total. The van der Waals surface area contributed by atoms with Crippen LogP contribution in [0.25, 0.3) is 0 Å². The maximum Gasteiger partial charge on any atom is 0.387 e. The molecular weight excluding hydrogens is 456 g/mol. The van der Waals surface area contributed by atoms with Gasteiger partial charge in [0.1, 0.15) is 0 Å². The van der Waals surface area contributed by atoms with Crippen molar-refractivity contribution >= 4 is 23.2 Å². The van der Waals surface area contributed by atoms with Crippen LogP contribution in [-0.4, -0.2) is 44.0 Å². The second-order valence-electron chi connectivity index (χ2n) is 7.95. The summed E-state index contributed by atoms with van der Waals surface area (Å²) in [5, 5.41) is 5.63. The number of carbonyl (C=O) groups is 2. The quantitative estimate of drug-likeness (QED) is 0.428. The van der Waals surface area contributed by atoms with Gasteiger partial charge < -0.3 is 20.1 Å². The minimum absolute atomic E-state index is 0.0332. The van der Waals surface area contributed by atoms with Crippen LogP contribution >= 0.6 is 0 Å². The first-order valence-corrected chi connectivity index (χ1v) is 10.8. The Kier molecular flexibility index (Phi) is 8.74. The van der Waals surface area contributed by atoms with Crippen molar-refractivity contribution in [3.63, 3.8) is 0 Å². The average Bonchev–Trinajstić information content (AvgIpc) is 2.80. The molecule has 0 aromatic heterocycles. The highest BCUT2D eigenvalue weighted by Gasteiger charge is 2.16. The van der Waals surface area contributed by atoms with E-state index in [9.17, 15) is 18.4 Å². The number of aryl methyl sites for hydroxylation is 1. The first-order valence-electron chi connectivity index (χ1n) is 10.8. The topological polar surface area (TPSA) is 79.9 Å². The maximum atomic E-state index is 12.8. The summed E-state index contributed by atoms with van der Waals surface area (Å²) in [6.45, 7) is -0.635. The Hall–Kier alpha value is -3.98. The first kappa shape index (κ1) is 25.6. The highest BCUT2D eigenvalue weighted by atomic mass is 19.3. The van der Waals surface area contributed by atoms with Crippen molar-refractivity contribution in [3.05, 3.63) is 83.4 Å². The van der Waals surface area contributed by atoms with E-state index in [1.807, 2.05) is 25.1 Å². The number of amides is 2. The largest absolute Gasteiger partial charge is 0.493 e. The third-order valence-corrected chi connectivity index (χ3v) is 5.03. The Morgan fingerprint density at radius 2 is 1.74 bits per heavy atom. The molecule has 2 amide bonds. The Balaban J connectivity index is 1.62. The van der Waals surface area contributed by atoms with Crippen molar-refractivity contribution in [2.45, 2.75) is 20.1 Å². The van der Waals surface area contributed by atoms with E-state index < -0.39 is 6.61 Å². The number of halogens is 2. The third kappa shape index (κ3) is 7.51. The van der Waals surface area contributed by atoms with Crippen molar-refractivity contribution in [2.24, 2.45) is 0 Å². The fourth-order valence-corrected chi connectivity index (χ4v) is 3.52. The van der Waals surface area contributed by atoms with Crippen LogP contribution < -0.4 is 20.1 Å². The van der Waals surface area contributed by atoms with Crippen LogP contribution in [0.4, 0.5) is 20.2 Å². The van der Waals surface area contributed by atoms with Crippen molar-refractivity contribution in [3.8, 4) is 11.5 Å². The molecule has 0 saturated carbocycles. The molecule has 0 saturated heterocycles. The second kappa shape index (κ2) is 11.9. The number of hydrogen-bond acceptors (Lipinski definition) is 5. The molecule has 0 spiro atoms. The summed E-state index contributed by atoms with van der Waals surface area (Å²) in [6, 6.07) is 18.8. The molecule has 0 radical (unpaired) electrons. The number of nitrogens with zero attached hydrogens (tertiary/aromatic N) is 1. The highest BCUT2D eigenvalue weighted by Crippen LogP contribution is 2.29. The number of rotatable bonds is 10. The van der Waals surface area contributed by atoms with Crippen LogP contribution in [0.1, 0.15) is 21.5 Å². The zero-order valence-electron chi connectivity index (χ0n) is 19.7. The standard InChI is InChI=1S/C26H27F2N3O4/c1-17-7-6-8-19(13-17)29-25(33)20-9-4-5-10-21(20)30-24(32)16-31(2)15-18-11-12-22(35-26(27)28)23(14-18)34-3/h4-14,26H,15-16H2,1-3H3,(H,29,33)(H,30,32). The predicted octanol–water partition coefficient (Wildman–Crippen LogP) is 4.93. The van der Waals surface area contributed by atoms with E-state index in [4.69, 9.17) is 4.74 Å². The normalized spacial score (nSPS) is 10.8. The molecule has 0 unspecified atom stereocenters. The molecule has 9 heteroatoms. The van der Waals surface area contributed by atoms with E-state index in [-0.39, 0.29) is 29.9 Å². The van der Waals surface area contributed by atoms with Crippen LogP contribution in [0.3, 0.4) is 0 Å². The number of likely N-dealkylation sites (N-methyl/N-ethyl adjacent to an activating group) is 1. The lowest BCUT2D eigenvalue weighted by atomic mass is 10.1. The summed E-state index contributed by atoms with van der Waals surface area (Å²) in [5.74, 6) is -0.535. The van der Waals surface area contributed by atoms with Crippen molar-refractivity contribution < 1.29 is 27.8 Å². The molecule has 0 aliphatic carbocycles. The van der Waals surface area contributed by atoms with Crippen LogP contribution in [0, 0.1) is 6.92 Å². The molecule has 184 valence electrons. The number of ether oxygens (including phenoxy) is 2. The zero-order chi connectivity index (χ0) is 25.4. The van der Waals surface area contributed by atoms with E-state index in [2.05, 4.69) is 15.4 Å². The number of alkyl halides is 2. The van der Waals surface area contributed by atoms with Gasteiger partial charge in [-0.05, 0) is 61.5 Å². The first-order chi connectivity index (χ1) is 16.7. The van der Waals surface area contributed by atoms with E-state index in [1.165, 1.54) is 13.2 Å². The van der Waals surface area contributed by atoms with Crippen LogP contribution in [-0.2, 0) is 11.3 Å². The number of para-hydroxylation sites is 1. The van der Waals surface area contributed by atoms with Crippen molar-refractivity contribution in [2.75, 3.05) is 31.3 Å². The van der Waals surface area contributed by atoms with Crippen LogP contribution in [0.15, 0.2) is 66.7 Å². The van der Waals surface area contributed by atoms with Gasteiger partial charge >= 0.3 is 6.61 Å². The Morgan fingerprint density at radius 3 is 2.46 bits per heavy atom. The summed E-state index contributed by atoms with van der Waals surface area (Å²) in [7, 11) is 3.10. The molecule has 0 atom stereocenters. The van der Waals surface area contributed by atoms with Gasteiger partial charge in [0.15, 0.2) is 11.5 Å². The SMILES string of the molecule is COc1cc(CN(C)CC(=O)Nc2ccccc2C(=O)Nc2cccc(C)c2)ccc1OC(F)F. The lowest BCUT2D eigenvalue weighted by Crippen LogP contribution is -2.30. The third-order valence-electron chi connectivity index (χ3n) is 5.03. The minimum Gasteiger partial charge on any atom is -0.493 e. The monoisotopic (exact) mass is 483 g/mol. The molecule has 35 heavy (non-hydrogen) atoms. The number of nitrogens with one attached hydrogen (secondary N) is 2. The van der Waals surface area contributed by atoms with E-state index >= 15 is 0 Å². The summed E-state index contributed by atoms with van der Waals surface area (Å²) >= 11 is 0. The number of carbonyl (C=O) groups excluding carboxylic acids is 2. The number of benzene rings is 3. The molecule has 0 aliphatic rings. The maximum absolute atomic E-state index is 12.8. The molecule has 7 nitrogen and oxygen atoms in total. The Labute approximate surface area is 202 Å². The molecule has 3 aromatic carbocycles. The van der Waals surface area contributed by atoms with Gasteiger partial charge in [0, 0.05) is 12.2 Å². The van der Waals surface area contributed by atoms with E-state index in [0.717, 1.165) is 11.1 Å². The number of methoxy groups -OCH3 is 1. The predicted molar refractivity (Wildman–Crippen MR) is 130 cm³/mol. The van der Waals surface area contributed by atoms with Gasteiger partial charge in [-0.25, -0.2) is 0 Å². The Bertz CT molecular complexity index is 1190. The average molecular weight is 484 g/mol. The van der Waals surface area contributed by atoms with Gasteiger partial charge in [-0.15, -0.1) is 0 Å². The lowest BCUT2D eigenvalue weighted by Gasteiger charge is -2.18. The van der Waals surface area contributed by atoms with Gasteiger partial charge in [-0.2, -0.15) is 8.78 Å². The van der Waals surface area contributed by atoms with Crippen molar-refractivity contribution in [1.82, 2.24) is 4.90 Å². The molecule has 3 rings (SSSR count). The van der Waals surface area contributed by atoms with Gasteiger partial charge in [0.2, 0.25) is 5.91 Å². The smallest absolute Gasteiger partial charge is 0.387 e. The van der Waals surface area contributed by atoms with Crippen molar-refractivity contribution in [1.29, 1.82) is 0 Å². The summed E-state index contributed by atoms with van der Waals surface area (Å²) in [4.78, 5) is 27.2. The summed E-state index contributed by atoms with van der Waals surface area (Å²) in [6.07, 6.45) is 0. The molecule has 0 fully saturated rings. The van der Waals surface area contributed by atoms with Crippen LogP contribution in [0.5, 0.6) is 11.5 Å². The molecule has 0 aliphatic heterocycles. The summed E-state index contributed by atoms with van der Waals surface area (Å²) in [5.41, 5.74) is 3.16.